The molecule has 2 aromatic rings. The largest absolute Gasteiger partial charge is 0.464 e. The molecule has 0 spiro atoms. The molecule has 0 atom stereocenters. The molecular formula is C17H18N4O. The molecule has 2 rings (SSSR count). The minimum atomic E-state index is 0.162. The van der Waals surface area contributed by atoms with Gasteiger partial charge in [0.2, 0.25) is 5.95 Å². The Morgan fingerprint density at radius 1 is 1.09 bits per heavy atom. The van der Waals surface area contributed by atoms with Crippen molar-refractivity contribution in [3.8, 4) is 5.75 Å². The molecule has 0 aliphatic heterocycles. The van der Waals surface area contributed by atoms with Crippen molar-refractivity contribution in [1.82, 2.24) is 9.97 Å². The van der Waals surface area contributed by atoms with Gasteiger partial charge in [0.1, 0.15) is 11.6 Å². The van der Waals surface area contributed by atoms with E-state index in [2.05, 4.69) is 29.7 Å². The van der Waals surface area contributed by atoms with Crippen molar-refractivity contribution in [1.29, 1.82) is 0 Å². The Labute approximate surface area is 129 Å². The Morgan fingerprint density at radius 3 is 2.23 bits per heavy atom. The van der Waals surface area contributed by atoms with E-state index in [4.69, 9.17) is 16.2 Å². The molecule has 5 heteroatoms. The van der Waals surface area contributed by atoms with Crippen molar-refractivity contribution in [3.05, 3.63) is 66.6 Å². The van der Waals surface area contributed by atoms with Crippen LogP contribution in [0.15, 0.2) is 44.3 Å². The van der Waals surface area contributed by atoms with Gasteiger partial charge in [-0.15, -0.1) is 0 Å². The van der Waals surface area contributed by atoms with E-state index in [1.54, 1.807) is 18.3 Å². The quantitative estimate of drug-likeness (QED) is 0.800. The monoisotopic (exact) mass is 294 g/mol. The van der Waals surface area contributed by atoms with Gasteiger partial charge < -0.3 is 16.2 Å². The third-order valence-corrected chi connectivity index (χ3v) is 3.16. The van der Waals surface area contributed by atoms with Gasteiger partial charge in [-0.3, -0.25) is 0 Å². The third-order valence-electron chi connectivity index (χ3n) is 3.16. The summed E-state index contributed by atoms with van der Waals surface area (Å²) in [6, 6.07) is 3.93. The average molecular weight is 294 g/mol. The molecule has 112 valence electrons. The highest BCUT2D eigenvalue weighted by atomic mass is 16.5. The van der Waals surface area contributed by atoms with E-state index in [0.29, 0.717) is 18.0 Å². The van der Waals surface area contributed by atoms with Crippen LogP contribution in [0.2, 0.25) is 0 Å². The van der Waals surface area contributed by atoms with E-state index in [1.165, 1.54) is 6.26 Å². The number of aromatic nitrogens is 2. The van der Waals surface area contributed by atoms with Crippen molar-refractivity contribution in [3.63, 3.8) is 0 Å². The molecule has 0 aliphatic rings. The van der Waals surface area contributed by atoms with Gasteiger partial charge in [-0.25, -0.2) is 4.98 Å². The molecule has 0 saturated heterocycles. The fourth-order valence-corrected chi connectivity index (χ4v) is 2.15. The predicted molar refractivity (Wildman–Crippen MR) is 91.1 cm³/mol. The molecule has 22 heavy (non-hydrogen) atoms. The van der Waals surface area contributed by atoms with Crippen molar-refractivity contribution < 1.29 is 4.74 Å². The van der Waals surface area contributed by atoms with E-state index < -0.39 is 0 Å². The number of rotatable bonds is 6. The van der Waals surface area contributed by atoms with Crippen LogP contribution in [0.5, 0.6) is 5.75 Å². The maximum absolute atomic E-state index is 5.88. The van der Waals surface area contributed by atoms with E-state index in [-0.39, 0.29) is 5.95 Å². The van der Waals surface area contributed by atoms with Crippen molar-refractivity contribution in [2.24, 2.45) is 0 Å². The van der Waals surface area contributed by atoms with E-state index >= 15 is 0 Å². The molecule has 0 amide bonds. The molecule has 4 N–H and O–H groups in total. The van der Waals surface area contributed by atoms with Gasteiger partial charge in [0.25, 0.3) is 0 Å². The third kappa shape index (κ3) is 3.15. The van der Waals surface area contributed by atoms with Crippen LogP contribution in [0.3, 0.4) is 0 Å². The number of hydrogen-bond donors (Lipinski definition) is 2. The fourth-order valence-electron chi connectivity index (χ4n) is 2.15. The summed E-state index contributed by atoms with van der Waals surface area (Å²) >= 11 is 0. The summed E-state index contributed by atoms with van der Waals surface area (Å²) < 4.78 is 5.45. The summed E-state index contributed by atoms with van der Waals surface area (Å²) in [5.41, 5.74) is 14.9. The van der Waals surface area contributed by atoms with E-state index in [9.17, 15) is 0 Å². The Kier molecular flexibility index (Phi) is 4.58. The molecule has 0 saturated carbocycles. The minimum absolute atomic E-state index is 0.162. The summed E-state index contributed by atoms with van der Waals surface area (Å²) in [7, 11) is 0. The maximum Gasteiger partial charge on any atom is 0.221 e. The average Bonchev–Trinajstić information content (AvgIpc) is 2.51. The van der Waals surface area contributed by atoms with Gasteiger partial charge >= 0.3 is 0 Å². The molecule has 0 unspecified atom stereocenters. The lowest BCUT2D eigenvalue weighted by Crippen LogP contribution is -2.04. The number of nitrogens with zero attached hydrogens (tertiary/aromatic N) is 2. The highest BCUT2D eigenvalue weighted by Gasteiger charge is 2.10. The van der Waals surface area contributed by atoms with Crippen molar-refractivity contribution >= 4 is 23.9 Å². The molecule has 1 heterocycles. The van der Waals surface area contributed by atoms with Gasteiger partial charge in [-0.2, -0.15) is 4.98 Å². The minimum Gasteiger partial charge on any atom is -0.464 e. The van der Waals surface area contributed by atoms with Crippen LogP contribution in [0, 0.1) is 0 Å². The molecular weight excluding hydrogens is 276 g/mol. The van der Waals surface area contributed by atoms with Crippen LogP contribution in [-0.4, -0.2) is 9.97 Å². The molecule has 0 bridgehead atoms. The second kappa shape index (κ2) is 6.58. The number of nitrogen functional groups attached to an aromatic ring is 2. The van der Waals surface area contributed by atoms with E-state index in [0.717, 1.165) is 22.3 Å². The van der Waals surface area contributed by atoms with Crippen LogP contribution in [-0.2, 0) is 6.42 Å². The summed E-state index contributed by atoms with van der Waals surface area (Å²) in [6.45, 7) is 11.2. The zero-order chi connectivity index (χ0) is 16.1. The first kappa shape index (κ1) is 15.3. The highest BCUT2D eigenvalue weighted by molar-refractivity contribution is 5.68. The van der Waals surface area contributed by atoms with Gasteiger partial charge in [-0.1, -0.05) is 31.9 Å². The maximum atomic E-state index is 5.88. The van der Waals surface area contributed by atoms with Crippen LogP contribution < -0.4 is 16.2 Å². The highest BCUT2D eigenvalue weighted by Crippen LogP contribution is 2.29. The van der Waals surface area contributed by atoms with Crippen LogP contribution in [0.1, 0.15) is 22.3 Å². The summed E-state index contributed by atoms with van der Waals surface area (Å²) in [6.07, 6.45) is 7.02. The lowest BCUT2D eigenvalue weighted by molar-refractivity contribution is 0.481. The number of benzene rings is 1. The smallest absolute Gasteiger partial charge is 0.221 e. The van der Waals surface area contributed by atoms with Crippen LogP contribution >= 0.6 is 0 Å². The lowest BCUT2D eigenvalue weighted by Gasteiger charge is -2.12. The standard InChI is InChI=1S/C17H18N4O/c1-4-12-7-11(8-13(5-2)15(12)22-6-3)9-14-10-20-17(19)21-16(14)18/h4-8,10H,1-3,9H2,(H4,18,19,20,21). The first-order chi connectivity index (χ1) is 10.6. The Bertz CT molecular complexity index is 708. The number of hydrogen-bond acceptors (Lipinski definition) is 5. The van der Waals surface area contributed by atoms with Crippen molar-refractivity contribution in [2.75, 3.05) is 11.5 Å². The molecule has 1 aromatic heterocycles. The second-order valence-corrected chi connectivity index (χ2v) is 4.61. The SMILES string of the molecule is C=COc1c(C=C)cc(Cc2cnc(N)nc2N)cc1C=C. The first-order valence-corrected chi connectivity index (χ1v) is 6.65. The Balaban J connectivity index is 2.45. The molecule has 0 fully saturated rings. The summed E-state index contributed by atoms with van der Waals surface area (Å²) in [4.78, 5) is 7.94. The second-order valence-electron chi connectivity index (χ2n) is 4.61. The number of ether oxygens (including phenoxy) is 1. The fraction of sp³-hybridized carbons (Fsp3) is 0.0588. The predicted octanol–water partition coefficient (Wildman–Crippen LogP) is 3.04. The summed E-state index contributed by atoms with van der Waals surface area (Å²) in [5, 5.41) is 0. The Hall–Kier alpha value is -3.08. The molecule has 1 aromatic carbocycles. The van der Waals surface area contributed by atoms with Crippen LogP contribution in [0.4, 0.5) is 11.8 Å². The lowest BCUT2D eigenvalue weighted by atomic mass is 9.99. The first-order valence-electron chi connectivity index (χ1n) is 6.65. The molecule has 0 radical (unpaired) electrons. The van der Waals surface area contributed by atoms with Gasteiger partial charge in [-0.05, 0) is 17.7 Å². The van der Waals surface area contributed by atoms with Crippen LogP contribution in [0.25, 0.3) is 12.2 Å². The zero-order valence-corrected chi connectivity index (χ0v) is 12.2. The topological polar surface area (TPSA) is 87.0 Å². The normalized spacial score (nSPS) is 10.0. The number of nitrogens with two attached hydrogens (primary N) is 2. The van der Waals surface area contributed by atoms with E-state index in [1.807, 2.05) is 12.1 Å². The van der Waals surface area contributed by atoms with Gasteiger partial charge in [0.05, 0.1) is 6.26 Å². The van der Waals surface area contributed by atoms with Gasteiger partial charge in [0, 0.05) is 29.3 Å². The van der Waals surface area contributed by atoms with Gasteiger partial charge in [0.15, 0.2) is 0 Å². The molecule has 0 aliphatic carbocycles. The summed E-state index contributed by atoms with van der Waals surface area (Å²) in [5.74, 6) is 1.21. The number of anilines is 2. The van der Waals surface area contributed by atoms with Crippen molar-refractivity contribution in [2.45, 2.75) is 6.42 Å². The Morgan fingerprint density at radius 2 is 1.73 bits per heavy atom. The molecule has 5 nitrogen and oxygen atoms in total. The zero-order valence-electron chi connectivity index (χ0n) is 12.2.